The fourth-order valence-corrected chi connectivity index (χ4v) is 2.14. The summed E-state index contributed by atoms with van der Waals surface area (Å²) in [5.41, 5.74) is 0.305. The Morgan fingerprint density at radius 1 is 1.32 bits per heavy atom. The van der Waals surface area contributed by atoms with Gasteiger partial charge in [0, 0.05) is 17.7 Å². The van der Waals surface area contributed by atoms with Crippen molar-refractivity contribution in [3.8, 4) is 0 Å². The molecule has 3 nitrogen and oxygen atoms in total. The van der Waals surface area contributed by atoms with E-state index in [1.807, 2.05) is 0 Å². The maximum atomic E-state index is 13.8. The zero-order valence-corrected chi connectivity index (χ0v) is 10.1. The summed E-state index contributed by atoms with van der Waals surface area (Å²) in [6.45, 7) is 0. The van der Waals surface area contributed by atoms with Gasteiger partial charge in [0.2, 0.25) is 5.91 Å². The third kappa shape index (κ3) is 2.70. The smallest absolute Gasteiger partial charge is 0.326 e. The highest BCUT2D eigenvalue weighted by molar-refractivity contribution is 5.93. The number of aryl methyl sites for hydroxylation is 1. The molecule has 0 aliphatic carbocycles. The second kappa shape index (κ2) is 4.80. The highest BCUT2D eigenvalue weighted by Gasteiger charge is 2.41. The van der Waals surface area contributed by atoms with Crippen molar-refractivity contribution in [3.63, 3.8) is 0 Å². The average Bonchev–Trinajstić information content (AvgIpc) is 2.29. The summed E-state index contributed by atoms with van der Waals surface area (Å²) in [6, 6.07) is 0.0479. The summed E-state index contributed by atoms with van der Waals surface area (Å²) >= 11 is 0. The van der Waals surface area contributed by atoms with Crippen LogP contribution >= 0.6 is 0 Å². The number of fused-ring (bicyclic) bond motifs is 1. The molecule has 2 rings (SSSR count). The maximum absolute atomic E-state index is 13.8. The highest BCUT2D eigenvalue weighted by atomic mass is 19.4. The van der Waals surface area contributed by atoms with Crippen molar-refractivity contribution in [2.24, 2.45) is 0 Å². The lowest BCUT2D eigenvalue weighted by Crippen LogP contribution is -2.33. The normalized spacial score (nSPS) is 16.8. The Labute approximate surface area is 107 Å². The molecule has 1 heterocycles. The molecule has 1 aliphatic heterocycles. The minimum atomic E-state index is -4.58. The van der Waals surface area contributed by atoms with Crippen molar-refractivity contribution in [1.82, 2.24) is 5.32 Å². The number of hydrogen-bond donors (Lipinski definition) is 2. The van der Waals surface area contributed by atoms with Gasteiger partial charge in [-0.1, -0.05) is 0 Å². The van der Waals surface area contributed by atoms with E-state index in [2.05, 4.69) is 10.6 Å². The lowest BCUT2D eigenvalue weighted by molar-refractivity contribution is -0.157. The van der Waals surface area contributed by atoms with Gasteiger partial charge in [-0.3, -0.25) is 4.79 Å². The Kier molecular flexibility index (Phi) is 3.49. The van der Waals surface area contributed by atoms with Gasteiger partial charge in [-0.25, -0.2) is 4.39 Å². The molecule has 1 atom stereocenters. The predicted molar refractivity (Wildman–Crippen MR) is 61.2 cm³/mol. The van der Waals surface area contributed by atoms with Crippen LogP contribution in [-0.2, 0) is 11.2 Å². The van der Waals surface area contributed by atoms with Crippen LogP contribution in [0.25, 0.3) is 0 Å². The molecule has 1 unspecified atom stereocenters. The molecule has 0 bridgehead atoms. The number of anilines is 1. The zero-order chi connectivity index (χ0) is 14.2. The third-order valence-electron chi connectivity index (χ3n) is 3.05. The van der Waals surface area contributed by atoms with E-state index in [0.29, 0.717) is 12.0 Å². The van der Waals surface area contributed by atoms with Crippen molar-refractivity contribution in [3.05, 3.63) is 29.1 Å². The molecule has 7 heteroatoms. The first-order valence-electron chi connectivity index (χ1n) is 5.69. The summed E-state index contributed by atoms with van der Waals surface area (Å²) in [5.74, 6) is -1.25. The van der Waals surface area contributed by atoms with E-state index in [1.54, 1.807) is 0 Å². The van der Waals surface area contributed by atoms with E-state index in [0.717, 1.165) is 13.1 Å². The maximum Gasteiger partial charge on any atom is 0.408 e. The molecule has 0 aromatic heterocycles. The van der Waals surface area contributed by atoms with Gasteiger partial charge in [-0.05, 0) is 31.2 Å². The number of nitrogens with one attached hydrogen (secondary N) is 2. The molecule has 0 saturated heterocycles. The van der Waals surface area contributed by atoms with E-state index in [9.17, 15) is 22.4 Å². The largest absolute Gasteiger partial charge is 0.408 e. The molecule has 0 spiro atoms. The topological polar surface area (TPSA) is 41.1 Å². The Balaban J connectivity index is 2.45. The number of amides is 1. The molecule has 104 valence electrons. The van der Waals surface area contributed by atoms with Gasteiger partial charge in [0.25, 0.3) is 0 Å². The Bertz CT molecular complexity index is 513. The molecule has 1 aliphatic rings. The van der Waals surface area contributed by atoms with Crippen molar-refractivity contribution in [1.29, 1.82) is 0 Å². The van der Waals surface area contributed by atoms with Gasteiger partial charge < -0.3 is 10.6 Å². The van der Waals surface area contributed by atoms with Gasteiger partial charge in [0.05, 0.1) is 0 Å². The first-order valence-corrected chi connectivity index (χ1v) is 5.69. The van der Waals surface area contributed by atoms with Crippen LogP contribution in [0.1, 0.15) is 23.6 Å². The Morgan fingerprint density at radius 2 is 2.00 bits per heavy atom. The van der Waals surface area contributed by atoms with Crippen LogP contribution < -0.4 is 10.6 Å². The SMILES string of the molecule is CNC(c1cc2c(cc1F)NC(=O)CC2)C(F)(F)F. The van der Waals surface area contributed by atoms with Crippen LogP contribution in [0.4, 0.5) is 23.2 Å². The molecule has 0 radical (unpaired) electrons. The fraction of sp³-hybridized carbons (Fsp3) is 0.417. The zero-order valence-electron chi connectivity index (χ0n) is 10.1. The van der Waals surface area contributed by atoms with Crippen LogP contribution in [0.2, 0.25) is 0 Å². The molecule has 0 fully saturated rings. The van der Waals surface area contributed by atoms with E-state index < -0.39 is 23.6 Å². The minimum absolute atomic E-state index is 0.189. The number of carbonyl (C=O) groups excluding carboxylic acids is 1. The third-order valence-corrected chi connectivity index (χ3v) is 3.05. The van der Waals surface area contributed by atoms with E-state index >= 15 is 0 Å². The lowest BCUT2D eigenvalue weighted by Gasteiger charge is -2.24. The average molecular weight is 276 g/mol. The van der Waals surface area contributed by atoms with Crippen molar-refractivity contribution in [2.45, 2.75) is 25.1 Å². The monoisotopic (exact) mass is 276 g/mol. The summed E-state index contributed by atoms with van der Waals surface area (Å²) < 4.78 is 52.1. The molecule has 1 aromatic rings. The van der Waals surface area contributed by atoms with Crippen LogP contribution in [0.15, 0.2) is 12.1 Å². The number of rotatable bonds is 2. The first kappa shape index (κ1) is 13.8. The molecular weight excluding hydrogens is 264 g/mol. The molecule has 2 N–H and O–H groups in total. The number of carbonyl (C=O) groups is 1. The first-order chi connectivity index (χ1) is 8.82. The lowest BCUT2D eigenvalue weighted by atomic mass is 9.96. The van der Waals surface area contributed by atoms with Gasteiger partial charge in [-0.15, -0.1) is 0 Å². The van der Waals surface area contributed by atoms with Gasteiger partial charge in [-0.2, -0.15) is 13.2 Å². The van der Waals surface area contributed by atoms with Crippen LogP contribution in [0.5, 0.6) is 0 Å². The molecule has 0 saturated carbocycles. The molecule has 1 aromatic carbocycles. The van der Waals surface area contributed by atoms with E-state index in [1.165, 1.54) is 6.07 Å². The molecule has 1 amide bonds. The van der Waals surface area contributed by atoms with Crippen LogP contribution in [0, 0.1) is 5.82 Å². The second-order valence-electron chi connectivity index (χ2n) is 4.34. The Hall–Kier alpha value is -1.63. The summed E-state index contributed by atoms with van der Waals surface area (Å²) in [7, 11) is 1.12. The Morgan fingerprint density at radius 3 is 2.58 bits per heavy atom. The summed E-state index contributed by atoms with van der Waals surface area (Å²) in [6.07, 6.45) is -4.08. The van der Waals surface area contributed by atoms with Crippen molar-refractivity contribution >= 4 is 11.6 Å². The molecular formula is C12H12F4N2O. The summed E-state index contributed by atoms with van der Waals surface area (Å²) in [5, 5.41) is 4.51. The quantitative estimate of drug-likeness (QED) is 0.815. The van der Waals surface area contributed by atoms with E-state index in [4.69, 9.17) is 0 Å². The van der Waals surface area contributed by atoms with Crippen molar-refractivity contribution < 1.29 is 22.4 Å². The van der Waals surface area contributed by atoms with Crippen LogP contribution in [-0.4, -0.2) is 19.1 Å². The highest BCUT2D eigenvalue weighted by Crippen LogP contribution is 2.36. The number of benzene rings is 1. The van der Waals surface area contributed by atoms with Gasteiger partial charge in [0.1, 0.15) is 11.9 Å². The van der Waals surface area contributed by atoms with Gasteiger partial charge in [0.15, 0.2) is 0 Å². The fourth-order valence-electron chi connectivity index (χ4n) is 2.14. The predicted octanol–water partition coefficient (Wildman–Crippen LogP) is 2.53. The number of hydrogen-bond acceptors (Lipinski definition) is 2. The summed E-state index contributed by atoms with van der Waals surface area (Å²) in [4.78, 5) is 11.1. The van der Waals surface area contributed by atoms with E-state index in [-0.39, 0.29) is 18.0 Å². The van der Waals surface area contributed by atoms with Crippen molar-refractivity contribution in [2.75, 3.05) is 12.4 Å². The standard InChI is InChI=1S/C12H12F4N2O/c1-17-11(12(14,15)16)7-4-6-2-3-10(19)18-9(6)5-8(7)13/h4-5,11,17H,2-3H2,1H3,(H,18,19). The second-order valence-corrected chi connectivity index (χ2v) is 4.34. The number of alkyl halides is 3. The van der Waals surface area contributed by atoms with Crippen LogP contribution in [0.3, 0.4) is 0 Å². The minimum Gasteiger partial charge on any atom is -0.326 e. The molecule has 19 heavy (non-hydrogen) atoms. The van der Waals surface area contributed by atoms with Gasteiger partial charge >= 0.3 is 6.18 Å². The number of halogens is 4.